The second-order valence-electron chi connectivity index (χ2n) is 5.60. The molecule has 4 amide bonds. The summed E-state index contributed by atoms with van der Waals surface area (Å²) in [5, 5.41) is 5.89. The van der Waals surface area contributed by atoms with E-state index in [2.05, 4.69) is 10.6 Å². The molecule has 0 aromatic heterocycles. The Kier molecular flexibility index (Phi) is 4.72. The molecule has 0 bridgehead atoms. The molecule has 25 heavy (non-hydrogen) atoms. The van der Waals surface area contributed by atoms with Crippen LogP contribution in [0.1, 0.15) is 26.3 Å². The number of amides is 4. The molecule has 0 fully saturated rings. The van der Waals surface area contributed by atoms with Gasteiger partial charge in [0.25, 0.3) is 11.8 Å². The summed E-state index contributed by atoms with van der Waals surface area (Å²) in [7, 11) is 0. The van der Waals surface area contributed by atoms with Gasteiger partial charge in [-0.05, 0) is 36.8 Å². The highest BCUT2D eigenvalue weighted by molar-refractivity contribution is 6.31. The minimum absolute atomic E-state index is 0.105. The molecule has 1 heterocycles. The Morgan fingerprint density at radius 1 is 1.04 bits per heavy atom. The van der Waals surface area contributed by atoms with E-state index in [0.29, 0.717) is 21.8 Å². The number of carbonyl (C=O) groups is 3. The zero-order valence-electron chi connectivity index (χ0n) is 13.5. The van der Waals surface area contributed by atoms with Gasteiger partial charge in [-0.15, -0.1) is 0 Å². The number of carbonyl (C=O) groups excluding carboxylic acids is 3. The number of nitrogens with one attached hydrogen (secondary N) is 2. The van der Waals surface area contributed by atoms with Gasteiger partial charge in [0, 0.05) is 23.8 Å². The summed E-state index contributed by atoms with van der Waals surface area (Å²) in [5.41, 5.74) is 2.16. The molecule has 3 rings (SSSR count). The van der Waals surface area contributed by atoms with Crippen molar-refractivity contribution in [2.45, 2.75) is 6.92 Å². The van der Waals surface area contributed by atoms with E-state index in [-0.39, 0.29) is 24.9 Å². The predicted molar refractivity (Wildman–Crippen MR) is 95.0 cm³/mol. The maximum absolute atomic E-state index is 12.2. The molecule has 2 aromatic rings. The third kappa shape index (κ3) is 3.34. The number of benzene rings is 2. The fourth-order valence-corrected chi connectivity index (χ4v) is 2.81. The Balaban J connectivity index is 1.55. The van der Waals surface area contributed by atoms with Crippen LogP contribution in [0.15, 0.2) is 42.5 Å². The molecule has 1 aliphatic heterocycles. The fraction of sp³-hybridized carbons (Fsp3) is 0.167. The van der Waals surface area contributed by atoms with E-state index in [1.165, 1.54) is 0 Å². The molecule has 0 spiro atoms. The second-order valence-corrected chi connectivity index (χ2v) is 6.01. The Morgan fingerprint density at radius 3 is 2.32 bits per heavy atom. The van der Waals surface area contributed by atoms with Crippen molar-refractivity contribution in [3.63, 3.8) is 0 Å². The van der Waals surface area contributed by atoms with Crippen molar-refractivity contribution in [1.82, 2.24) is 10.2 Å². The van der Waals surface area contributed by atoms with E-state index in [0.717, 1.165) is 10.5 Å². The van der Waals surface area contributed by atoms with Crippen molar-refractivity contribution in [3.8, 4) is 0 Å². The maximum atomic E-state index is 12.2. The minimum atomic E-state index is -0.429. The van der Waals surface area contributed by atoms with Gasteiger partial charge in [0.15, 0.2) is 0 Å². The molecule has 0 saturated heterocycles. The number of fused-ring (bicyclic) bond motifs is 1. The number of hydrogen-bond acceptors (Lipinski definition) is 3. The van der Waals surface area contributed by atoms with Crippen molar-refractivity contribution in [1.29, 1.82) is 0 Å². The third-order valence-electron chi connectivity index (χ3n) is 4.02. The van der Waals surface area contributed by atoms with Crippen molar-refractivity contribution < 1.29 is 14.4 Å². The lowest BCUT2D eigenvalue weighted by molar-refractivity contribution is 0.0656. The maximum Gasteiger partial charge on any atom is 0.319 e. The second kappa shape index (κ2) is 6.94. The lowest BCUT2D eigenvalue weighted by Crippen LogP contribution is -2.39. The van der Waals surface area contributed by atoms with Gasteiger partial charge in [0.1, 0.15) is 0 Å². The summed E-state index contributed by atoms with van der Waals surface area (Å²) in [6.45, 7) is 2.06. The van der Waals surface area contributed by atoms with Crippen molar-refractivity contribution in [2.75, 3.05) is 18.4 Å². The van der Waals surface area contributed by atoms with Gasteiger partial charge in [0.2, 0.25) is 0 Å². The number of nitrogens with zero attached hydrogens (tertiary/aromatic N) is 1. The number of rotatable bonds is 4. The Hall–Kier alpha value is -2.86. The van der Waals surface area contributed by atoms with Gasteiger partial charge in [-0.1, -0.05) is 29.8 Å². The lowest BCUT2D eigenvalue weighted by Gasteiger charge is -2.15. The van der Waals surface area contributed by atoms with Gasteiger partial charge in [0.05, 0.1) is 11.1 Å². The van der Waals surface area contributed by atoms with Crippen molar-refractivity contribution >= 4 is 35.1 Å². The first-order chi connectivity index (χ1) is 12.0. The largest absolute Gasteiger partial charge is 0.336 e. The number of hydrogen-bond donors (Lipinski definition) is 2. The van der Waals surface area contributed by atoms with Crippen LogP contribution in [0.3, 0.4) is 0 Å². The van der Waals surface area contributed by atoms with Crippen LogP contribution in [0.25, 0.3) is 0 Å². The van der Waals surface area contributed by atoms with Gasteiger partial charge in [-0.2, -0.15) is 0 Å². The molecule has 1 aliphatic rings. The third-order valence-corrected chi connectivity index (χ3v) is 4.42. The fourth-order valence-electron chi connectivity index (χ4n) is 2.63. The Bertz CT molecular complexity index is 831. The summed E-state index contributed by atoms with van der Waals surface area (Å²) in [6.07, 6.45) is 0. The topological polar surface area (TPSA) is 78.5 Å². The highest BCUT2D eigenvalue weighted by Crippen LogP contribution is 2.23. The number of anilines is 1. The Morgan fingerprint density at radius 2 is 1.68 bits per heavy atom. The summed E-state index contributed by atoms with van der Waals surface area (Å²) < 4.78 is 0. The van der Waals surface area contributed by atoms with E-state index >= 15 is 0 Å². The quantitative estimate of drug-likeness (QED) is 0.825. The van der Waals surface area contributed by atoms with Crippen LogP contribution >= 0.6 is 11.6 Å². The first-order valence-corrected chi connectivity index (χ1v) is 8.12. The van der Waals surface area contributed by atoms with Crippen LogP contribution in [0, 0.1) is 6.92 Å². The van der Waals surface area contributed by atoms with Crippen LogP contribution in [0.5, 0.6) is 0 Å². The van der Waals surface area contributed by atoms with Gasteiger partial charge < -0.3 is 10.6 Å². The average molecular weight is 358 g/mol. The smallest absolute Gasteiger partial charge is 0.319 e. The molecule has 0 unspecified atom stereocenters. The first kappa shape index (κ1) is 17.0. The number of urea groups is 1. The van der Waals surface area contributed by atoms with E-state index in [1.54, 1.807) is 49.4 Å². The van der Waals surface area contributed by atoms with Gasteiger partial charge in [-0.3, -0.25) is 14.5 Å². The molecule has 7 heteroatoms. The summed E-state index contributed by atoms with van der Waals surface area (Å²) >= 11 is 6.01. The first-order valence-electron chi connectivity index (χ1n) is 7.74. The van der Waals surface area contributed by atoms with E-state index in [9.17, 15) is 14.4 Å². The molecule has 0 radical (unpaired) electrons. The van der Waals surface area contributed by atoms with E-state index < -0.39 is 6.03 Å². The zero-order chi connectivity index (χ0) is 18.0. The molecule has 0 saturated carbocycles. The molecule has 128 valence electrons. The number of halogens is 1. The van der Waals surface area contributed by atoms with Crippen LogP contribution in [0.2, 0.25) is 5.02 Å². The van der Waals surface area contributed by atoms with Gasteiger partial charge >= 0.3 is 6.03 Å². The number of imide groups is 1. The highest BCUT2D eigenvalue weighted by atomic mass is 35.5. The predicted octanol–water partition coefficient (Wildman–Crippen LogP) is 3.07. The molecule has 6 nitrogen and oxygen atoms in total. The SMILES string of the molecule is Cc1c(Cl)cccc1NC(=O)NCCN1C(=O)c2ccccc2C1=O. The highest BCUT2D eigenvalue weighted by Gasteiger charge is 2.34. The van der Waals surface area contributed by atoms with Crippen molar-refractivity contribution in [3.05, 3.63) is 64.2 Å². The normalized spacial score (nSPS) is 13.0. The minimum Gasteiger partial charge on any atom is -0.336 e. The molecule has 2 aromatic carbocycles. The van der Waals surface area contributed by atoms with Gasteiger partial charge in [-0.25, -0.2) is 4.79 Å². The van der Waals surface area contributed by atoms with Crippen LogP contribution in [0.4, 0.5) is 10.5 Å². The monoisotopic (exact) mass is 357 g/mol. The molecular formula is C18H16ClN3O3. The lowest BCUT2D eigenvalue weighted by atomic mass is 10.1. The summed E-state index contributed by atoms with van der Waals surface area (Å²) in [4.78, 5) is 37.5. The Labute approximate surface area is 149 Å². The molecular weight excluding hydrogens is 342 g/mol. The summed E-state index contributed by atoms with van der Waals surface area (Å²) in [6, 6.07) is 11.5. The van der Waals surface area contributed by atoms with Crippen LogP contribution in [-0.2, 0) is 0 Å². The van der Waals surface area contributed by atoms with Crippen molar-refractivity contribution in [2.24, 2.45) is 0 Å². The van der Waals surface area contributed by atoms with E-state index in [4.69, 9.17) is 11.6 Å². The van der Waals surface area contributed by atoms with E-state index in [1.807, 2.05) is 0 Å². The van der Waals surface area contributed by atoms with Crippen LogP contribution < -0.4 is 10.6 Å². The van der Waals surface area contributed by atoms with Crippen LogP contribution in [-0.4, -0.2) is 35.8 Å². The molecule has 0 atom stereocenters. The summed E-state index contributed by atoms with van der Waals surface area (Å²) in [5.74, 6) is -0.679. The standard InChI is InChI=1S/C18H16ClN3O3/c1-11-14(19)7-4-8-15(11)21-18(25)20-9-10-22-16(23)12-5-2-3-6-13(12)17(22)24/h2-8H,9-10H2,1H3,(H2,20,21,25). The zero-order valence-corrected chi connectivity index (χ0v) is 14.3. The average Bonchev–Trinajstić information content (AvgIpc) is 2.84. The molecule has 2 N–H and O–H groups in total. The molecule has 0 aliphatic carbocycles.